The van der Waals surface area contributed by atoms with E-state index in [0.29, 0.717) is 17.4 Å². The van der Waals surface area contributed by atoms with Gasteiger partial charge in [-0.2, -0.15) is 17.0 Å². The minimum atomic E-state index is 0.367. The van der Waals surface area contributed by atoms with Crippen molar-refractivity contribution in [3.63, 3.8) is 0 Å². The van der Waals surface area contributed by atoms with Crippen molar-refractivity contribution in [2.75, 3.05) is 12.0 Å². The number of para-hydroxylation sites is 1. The van der Waals surface area contributed by atoms with Crippen LogP contribution in [-0.2, 0) is 12.4 Å². The number of halogens is 1. The van der Waals surface area contributed by atoms with E-state index < -0.39 is 0 Å². The van der Waals surface area contributed by atoms with Crippen LogP contribution in [0.5, 0.6) is 0 Å². The quantitative estimate of drug-likeness (QED) is 0.790. The van der Waals surface area contributed by atoms with Gasteiger partial charge in [-0.25, -0.2) is 4.98 Å². The van der Waals surface area contributed by atoms with Gasteiger partial charge in [0.1, 0.15) is 17.4 Å². The molecule has 0 bridgehead atoms. The first-order valence-electron chi connectivity index (χ1n) is 6.14. The number of fused-ring (bicyclic) bond motifs is 1. The highest BCUT2D eigenvalue weighted by atomic mass is 35.5. The Morgan fingerprint density at radius 3 is 2.95 bits per heavy atom. The van der Waals surface area contributed by atoms with E-state index in [2.05, 4.69) is 28.8 Å². The number of benzene rings is 1. The molecule has 0 N–H and O–H groups in total. The number of nitrogens with zero attached hydrogens (tertiary/aromatic N) is 3. The van der Waals surface area contributed by atoms with Gasteiger partial charge in [-0.1, -0.05) is 13.0 Å². The molecule has 0 fully saturated rings. The molecule has 5 heteroatoms. The maximum absolute atomic E-state index is 9.14. The van der Waals surface area contributed by atoms with E-state index in [1.807, 2.05) is 23.9 Å². The van der Waals surface area contributed by atoms with E-state index in [1.54, 1.807) is 6.07 Å². The number of thioether (sulfide) groups is 1. The van der Waals surface area contributed by atoms with Crippen LogP contribution < -0.4 is 0 Å². The number of hydrogen-bond donors (Lipinski definition) is 0. The first-order valence-corrected chi connectivity index (χ1v) is 8.07. The monoisotopic (exact) mass is 293 g/mol. The lowest BCUT2D eigenvalue weighted by molar-refractivity contribution is 0.530. The second-order valence-electron chi connectivity index (χ2n) is 4.62. The molecule has 0 saturated heterocycles. The Labute approximate surface area is 122 Å². The van der Waals surface area contributed by atoms with Gasteiger partial charge in [0.05, 0.1) is 17.0 Å². The number of nitriles is 1. The summed E-state index contributed by atoms with van der Waals surface area (Å²) in [7, 11) is 0. The van der Waals surface area contributed by atoms with Crippen LogP contribution in [0.15, 0.2) is 18.2 Å². The molecule has 3 nitrogen and oxygen atoms in total. The second-order valence-corrected chi connectivity index (χ2v) is 5.80. The molecule has 1 unspecified atom stereocenters. The fraction of sp³-hybridized carbons (Fsp3) is 0.429. The Hall–Kier alpha value is -1.18. The van der Waals surface area contributed by atoms with Gasteiger partial charge >= 0.3 is 0 Å². The van der Waals surface area contributed by atoms with Crippen molar-refractivity contribution in [3.8, 4) is 6.07 Å². The van der Waals surface area contributed by atoms with E-state index in [1.165, 1.54) is 0 Å². The SMILES string of the molecule is CSCC(C)Cn1c(CCl)nc2c(C#N)cccc21. The van der Waals surface area contributed by atoms with Crippen molar-refractivity contribution < 1.29 is 0 Å². The molecule has 2 rings (SSSR count). The molecule has 100 valence electrons. The first kappa shape index (κ1) is 14.2. The van der Waals surface area contributed by atoms with Gasteiger partial charge in [0.25, 0.3) is 0 Å². The van der Waals surface area contributed by atoms with E-state index >= 15 is 0 Å². The maximum atomic E-state index is 9.14. The van der Waals surface area contributed by atoms with Crippen molar-refractivity contribution in [3.05, 3.63) is 29.6 Å². The summed E-state index contributed by atoms with van der Waals surface area (Å²) >= 11 is 7.83. The number of alkyl halides is 1. The van der Waals surface area contributed by atoms with Crippen LogP contribution in [0.2, 0.25) is 0 Å². The molecule has 0 aliphatic heterocycles. The summed E-state index contributed by atoms with van der Waals surface area (Å²) in [4.78, 5) is 4.52. The van der Waals surface area contributed by atoms with E-state index in [4.69, 9.17) is 16.9 Å². The van der Waals surface area contributed by atoms with Crippen LogP contribution in [0.1, 0.15) is 18.3 Å². The minimum Gasteiger partial charge on any atom is -0.327 e. The Morgan fingerprint density at radius 2 is 2.32 bits per heavy atom. The third kappa shape index (κ3) is 2.88. The third-order valence-electron chi connectivity index (χ3n) is 3.04. The van der Waals surface area contributed by atoms with Crippen LogP contribution in [0.4, 0.5) is 0 Å². The molecule has 0 spiro atoms. The number of imidazole rings is 1. The lowest BCUT2D eigenvalue weighted by Crippen LogP contribution is -2.12. The molecule has 0 amide bonds. The summed E-state index contributed by atoms with van der Waals surface area (Å²) < 4.78 is 2.14. The van der Waals surface area contributed by atoms with Crippen LogP contribution in [0.3, 0.4) is 0 Å². The Bertz CT molecular complexity index is 615. The van der Waals surface area contributed by atoms with Gasteiger partial charge < -0.3 is 4.57 Å². The molecule has 1 heterocycles. The van der Waals surface area contributed by atoms with Gasteiger partial charge in [0.2, 0.25) is 0 Å². The summed E-state index contributed by atoms with van der Waals surface area (Å²) in [5, 5.41) is 9.14. The second kappa shape index (κ2) is 6.31. The van der Waals surface area contributed by atoms with Gasteiger partial charge in [-0.3, -0.25) is 0 Å². The highest BCUT2D eigenvalue weighted by Gasteiger charge is 2.14. The molecule has 2 aromatic rings. The molecular formula is C14H16ClN3S. The molecule has 0 aliphatic rings. The van der Waals surface area contributed by atoms with Crippen molar-refractivity contribution in [2.24, 2.45) is 5.92 Å². The molecule has 1 aromatic carbocycles. The van der Waals surface area contributed by atoms with Crippen LogP contribution in [-0.4, -0.2) is 21.6 Å². The van der Waals surface area contributed by atoms with Crippen molar-refractivity contribution in [1.29, 1.82) is 5.26 Å². The predicted octanol–water partition coefficient (Wildman–Crippen LogP) is 3.65. The van der Waals surface area contributed by atoms with E-state index in [9.17, 15) is 0 Å². The Morgan fingerprint density at radius 1 is 1.53 bits per heavy atom. The fourth-order valence-electron chi connectivity index (χ4n) is 2.24. The van der Waals surface area contributed by atoms with Crippen molar-refractivity contribution in [1.82, 2.24) is 9.55 Å². The van der Waals surface area contributed by atoms with E-state index in [-0.39, 0.29) is 0 Å². The molecule has 1 aromatic heterocycles. The molecule has 0 radical (unpaired) electrons. The molecule has 19 heavy (non-hydrogen) atoms. The zero-order chi connectivity index (χ0) is 13.8. The van der Waals surface area contributed by atoms with E-state index in [0.717, 1.165) is 29.2 Å². The average molecular weight is 294 g/mol. The molecule has 0 aliphatic carbocycles. The lowest BCUT2D eigenvalue weighted by Gasteiger charge is -2.13. The topological polar surface area (TPSA) is 41.6 Å². The fourth-order valence-corrected chi connectivity index (χ4v) is 3.12. The normalized spacial score (nSPS) is 12.5. The first-order chi connectivity index (χ1) is 9.21. The Balaban J connectivity index is 2.50. The number of hydrogen-bond acceptors (Lipinski definition) is 3. The van der Waals surface area contributed by atoms with Gasteiger partial charge in [0, 0.05) is 6.54 Å². The van der Waals surface area contributed by atoms with Crippen LogP contribution in [0.25, 0.3) is 11.0 Å². The third-order valence-corrected chi connectivity index (χ3v) is 4.18. The predicted molar refractivity (Wildman–Crippen MR) is 81.6 cm³/mol. The van der Waals surface area contributed by atoms with Gasteiger partial charge in [-0.05, 0) is 30.1 Å². The van der Waals surface area contributed by atoms with Crippen molar-refractivity contribution in [2.45, 2.75) is 19.3 Å². The summed E-state index contributed by atoms with van der Waals surface area (Å²) in [5.41, 5.74) is 2.37. The molecule has 1 atom stereocenters. The van der Waals surface area contributed by atoms with Crippen LogP contribution >= 0.6 is 23.4 Å². The highest BCUT2D eigenvalue weighted by Crippen LogP contribution is 2.22. The molecule has 0 saturated carbocycles. The highest BCUT2D eigenvalue weighted by molar-refractivity contribution is 7.98. The maximum Gasteiger partial charge on any atom is 0.124 e. The Kier molecular flexibility index (Phi) is 4.73. The van der Waals surface area contributed by atoms with Crippen LogP contribution in [0, 0.1) is 17.2 Å². The van der Waals surface area contributed by atoms with Crippen molar-refractivity contribution >= 4 is 34.4 Å². The van der Waals surface area contributed by atoms with Gasteiger partial charge in [0.15, 0.2) is 0 Å². The summed E-state index contributed by atoms with van der Waals surface area (Å²) in [6.07, 6.45) is 2.11. The smallest absolute Gasteiger partial charge is 0.124 e. The zero-order valence-electron chi connectivity index (χ0n) is 11.1. The molecular weight excluding hydrogens is 278 g/mol. The number of aromatic nitrogens is 2. The standard InChI is InChI=1S/C14H16ClN3S/c1-10(9-19-2)8-18-12-5-3-4-11(7-16)14(12)17-13(18)6-15/h3-5,10H,6,8-9H2,1-2H3. The lowest BCUT2D eigenvalue weighted by atomic mass is 10.2. The average Bonchev–Trinajstić information content (AvgIpc) is 2.77. The van der Waals surface area contributed by atoms with Gasteiger partial charge in [-0.15, -0.1) is 11.6 Å². The summed E-state index contributed by atoms with van der Waals surface area (Å²) in [5.74, 6) is 2.85. The zero-order valence-corrected chi connectivity index (χ0v) is 12.6. The number of rotatable bonds is 5. The largest absolute Gasteiger partial charge is 0.327 e. The summed E-state index contributed by atoms with van der Waals surface area (Å²) in [6, 6.07) is 7.89. The minimum absolute atomic E-state index is 0.367. The summed E-state index contributed by atoms with van der Waals surface area (Å²) in [6.45, 7) is 3.10.